The van der Waals surface area contributed by atoms with Crippen LogP contribution in [-0.4, -0.2) is 33.7 Å². The third-order valence-electron chi connectivity index (χ3n) is 5.37. The molecule has 164 valence electrons. The molecule has 2 aromatic carbocycles. The summed E-state index contributed by atoms with van der Waals surface area (Å²) >= 11 is 0. The number of nitrogens with one attached hydrogen (secondary N) is 2. The number of H-pyrrole nitrogens is 1. The maximum atomic E-state index is 13.0. The number of nitrogens with zero attached hydrogens (tertiary/aromatic N) is 2. The number of fused-ring (bicyclic) bond motifs is 1. The fraction of sp³-hybridized carbons (Fsp3) is 0.208. The number of amides is 1. The molecular formula is C24H24N4O4. The zero-order valence-corrected chi connectivity index (χ0v) is 17.9. The summed E-state index contributed by atoms with van der Waals surface area (Å²) in [6.45, 7) is 0.551. The minimum absolute atomic E-state index is 0.151. The lowest BCUT2D eigenvalue weighted by Gasteiger charge is -2.07. The van der Waals surface area contributed by atoms with Gasteiger partial charge in [-0.1, -0.05) is 42.5 Å². The van der Waals surface area contributed by atoms with Crippen LogP contribution in [0.5, 0.6) is 5.75 Å². The summed E-state index contributed by atoms with van der Waals surface area (Å²) in [5, 5.41) is 2.86. The number of hydrogen-bond donors (Lipinski definition) is 2. The van der Waals surface area contributed by atoms with Crippen molar-refractivity contribution >= 4 is 16.9 Å². The van der Waals surface area contributed by atoms with Gasteiger partial charge in [0.2, 0.25) is 0 Å². The molecule has 0 atom stereocenters. The number of carbonyl (C=O) groups excluding carboxylic acids is 1. The first-order valence-electron chi connectivity index (χ1n) is 10.2. The number of rotatable bonds is 7. The van der Waals surface area contributed by atoms with Gasteiger partial charge in [0.25, 0.3) is 11.5 Å². The van der Waals surface area contributed by atoms with Gasteiger partial charge in [0.05, 0.1) is 24.7 Å². The van der Waals surface area contributed by atoms with Crippen LogP contribution in [0.4, 0.5) is 0 Å². The minimum Gasteiger partial charge on any atom is -0.497 e. The highest BCUT2D eigenvalue weighted by Gasteiger charge is 2.19. The lowest BCUT2D eigenvalue weighted by atomic mass is 10.1. The van der Waals surface area contributed by atoms with Crippen LogP contribution in [0.15, 0.2) is 70.4 Å². The van der Waals surface area contributed by atoms with Gasteiger partial charge in [-0.05, 0) is 29.7 Å². The Morgan fingerprint density at radius 3 is 2.56 bits per heavy atom. The van der Waals surface area contributed by atoms with E-state index in [9.17, 15) is 14.4 Å². The fourth-order valence-corrected chi connectivity index (χ4v) is 3.73. The van der Waals surface area contributed by atoms with Gasteiger partial charge in [-0.15, -0.1) is 0 Å². The molecule has 0 aliphatic heterocycles. The van der Waals surface area contributed by atoms with Gasteiger partial charge in [0.15, 0.2) is 0 Å². The molecule has 0 saturated carbocycles. The second-order valence-corrected chi connectivity index (χ2v) is 7.54. The summed E-state index contributed by atoms with van der Waals surface area (Å²) in [5.74, 6) is 0.404. The van der Waals surface area contributed by atoms with Crippen LogP contribution in [0.2, 0.25) is 0 Å². The van der Waals surface area contributed by atoms with Crippen LogP contribution in [0.3, 0.4) is 0 Å². The number of aromatic nitrogens is 3. The number of ether oxygens (including phenoxy) is 1. The molecule has 4 rings (SSSR count). The number of methoxy groups -OCH3 is 1. The lowest BCUT2D eigenvalue weighted by molar-refractivity contribution is 0.0955. The Balaban J connectivity index is 1.57. The van der Waals surface area contributed by atoms with Crippen molar-refractivity contribution in [1.29, 1.82) is 0 Å². The van der Waals surface area contributed by atoms with Gasteiger partial charge in [-0.25, -0.2) is 4.79 Å². The fourth-order valence-electron chi connectivity index (χ4n) is 3.73. The van der Waals surface area contributed by atoms with Crippen molar-refractivity contribution < 1.29 is 9.53 Å². The Hall–Kier alpha value is -4.07. The van der Waals surface area contributed by atoms with Crippen LogP contribution < -0.4 is 21.3 Å². The van der Waals surface area contributed by atoms with Crippen molar-refractivity contribution in [3.8, 4) is 5.75 Å². The van der Waals surface area contributed by atoms with Gasteiger partial charge >= 0.3 is 5.69 Å². The zero-order valence-electron chi connectivity index (χ0n) is 17.9. The predicted octanol–water partition coefficient (Wildman–Crippen LogP) is 2.06. The van der Waals surface area contributed by atoms with E-state index in [4.69, 9.17) is 4.74 Å². The van der Waals surface area contributed by atoms with Crippen molar-refractivity contribution in [3.05, 3.63) is 98.3 Å². The second-order valence-electron chi connectivity index (χ2n) is 7.54. The molecule has 0 bridgehead atoms. The van der Waals surface area contributed by atoms with Crippen molar-refractivity contribution in [2.75, 3.05) is 13.7 Å². The summed E-state index contributed by atoms with van der Waals surface area (Å²) in [5.41, 5.74) is 1.65. The number of benzene rings is 2. The summed E-state index contributed by atoms with van der Waals surface area (Å²) in [6, 6.07) is 16.9. The highest BCUT2D eigenvalue weighted by atomic mass is 16.5. The molecule has 2 N–H and O–H groups in total. The van der Waals surface area contributed by atoms with E-state index < -0.39 is 11.2 Å². The normalized spacial score (nSPS) is 10.9. The predicted molar refractivity (Wildman–Crippen MR) is 122 cm³/mol. The maximum Gasteiger partial charge on any atom is 0.329 e. The molecule has 2 heterocycles. The average Bonchev–Trinajstić information content (AvgIpc) is 3.13. The van der Waals surface area contributed by atoms with E-state index in [1.165, 1.54) is 0 Å². The largest absolute Gasteiger partial charge is 0.497 e. The van der Waals surface area contributed by atoms with Crippen LogP contribution in [-0.2, 0) is 20.0 Å². The van der Waals surface area contributed by atoms with Crippen LogP contribution >= 0.6 is 0 Å². The van der Waals surface area contributed by atoms with E-state index in [2.05, 4.69) is 10.3 Å². The molecule has 32 heavy (non-hydrogen) atoms. The minimum atomic E-state index is -0.553. The standard InChI is InChI=1S/C24H24N4O4/c1-27-15-19(22(29)25-12-11-16-9-6-10-18(13-16)32-2)20-21(27)23(30)28(24(31)26-20)14-17-7-4-3-5-8-17/h3-10,13,15H,11-12,14H2,1-2H3,(H,25,29)(H,26,31). The Labute approximate surface area is 184 Å². The van der Waals surface area contributed by atoms with Gasteiger partial charge in [0, 0.05) is 19.8 Å². The molecule has 0 radical (unpaired) electrons. The summed E-state index contributed by atoms with van der Waals surface area (Å²) in [7, 11) is 3.29. The summed E-state index contributed by atoms with van der Waals surface area (Å²) in [6.07, 6.45) is 2.18. The highest BCUT2D eigenvalue weighted by molar-refractivity contribution is 6.05. The van der Waals surface area contributed by atoms with Crippen LogP contribution in [0.1, 0.15) is 21.5 Å². The van der Waals surface area contributed by atoms with Crippen molar-refractivity contribution in [3.63, 3.8) is 0 Å². The Bertz CT molecular complexity index is 1380. The average molecular weight is 432 g/mol. The molecule has 4 aromatic rings. The molecule has 0 fully saturated rings. The molecule has 0 saturated heterocycles. The van der Waals surface area contributed by atoms with Crippen LogP contribution in [0, 0.1) is 0 Å². The van der Waals surface area contributed by atoms with E-state index >= 15 is 0 Å². The Morgan fingerprint density at radius 2 is 1.81 bits per heavy atom. The smallest absolute Gasteiger partial charge is 0.329 e. The zero-order chi connectivity index (χ0) is 22.7. The third kappa shape index (κ3) is 4.20. The van der Waals surface area contributed by atoms with Crippen molar-refractivity contribution in [2.45, 2.75) is 13.0 Å². The molecule has 1 amide bonds. The summed E-state index contributed by atoms with van der Waals surface area (Å²) < 4.78 is 7.93. The highest BCUT2D eigenvalue weighted by Crippen LogP contribution is 2.15. The number of aromatic amines is 1. The van der Waals surface area contributed by atoms with E-state index in [1.807, 2.05) is 54.6 Å². The van der Waals surface area contributed by atoms with Crippen LogP contribution in [0.25, 0.3) is 11.0 Å². The van der Waals surface area contributed by atoms with Gasteiger partial charge in [0.1, 0.15) is 11.3 Å². The van der Waals surface area contributed by atoms with E-state index in [0.717, 1.165) is 21.4 Å². The number of aryl methyl sites for hydroxylation is 1. The quantitative estimate of drug-likeness (QED) is 0.467. The Morgan fingerprint density at radius 1 is 1.06 bits per heavy atom. The topological polar surface area (TPSA) is 98.1 Å². The second kappa shape index (κ2) is 8.97. The lowest BCUT2D eigenvalue weighted by Crippen LogP contribution is -2.36. The van der Waals surface area contributed by atoms with Gasteiger partial charge < -0.3 is 19.6 Å². The SMILES string of the molecule is COc1cccc(CCNC(=O)c2cn(C)c3c(=O)n(Cc4ccccc4)c(=O)[nH]c23)c1. The molecule has 2 aromatic heterocycles. The van der Waals surface area contributed by atoms with Gasteiger partial charge in [-0.3, -0.25) is 14.2 Å². The van der Waals surface area contributed by atoms with Crippen molar-refractivity contribution in [1.82, 2.24) is 19.4 Å². The molecule has 0 aliphatic rings. The maximum absolute atomic E-state index is 13.0. The molecule has 0 spiro atoms. The third-order valence-corrected chi connectivity index (χ3v) is 5.37. The van der Waals surface area contributed by atoms with Gasteiger partial charge in [-0.2, -0.15) is 0 Å². The molecular weight excluding hydrogens is 408 g/mol. The molecule has 0 unspecified atom stereocenters. The summed E-state index contributed by atoms with van der Waals surface area (Å²) in [4.78, 5) is 41.2. The van der Waals surface area contributed by atoms with E-state index in [1.54, 1.807) is 24.9 Å². The van der Waals surface area contributed by atoms with Crippen molar-refractivity contribution in [2.24, 2.45) is 7.05 Å². The first kappa shape index (κ1) is 21.2. The number of carbonyl (C=O) groups is 1. The first-order valence-corrected chi connectivity index (χ1v) is 10.2. The Kier molecular flexibility index (Phi) is 5.93. The monoisotopic (exact) mass is 432 g/mol. The first-order chi connectivity index (χ1) is 15.5. The number of hydrogen-bond acceptors (Lipinski definition) is 4. The van der Waals surface area contributed by atoms with E-state index in [-0.39, 0.29) is 29.0 Å². The molecule has 0 aliphatic carbocycles. The molecule has 8 nitrogen and oxygen atoms in total. The van der Waals surface area contributed by atoms with E-state index in [0.29, 0.717) is 13.0 Å². The molecule has 8 heteroatoms.